The highest BCUT2D eigenvalue weighted by atomic mass is 16.6. The van der Waals surface area contributed by atoms with Crippen molar-refractivity contribution < 1.29 is 23.8 Å². The van der Waals surface area contributed by atoms with Crippen molar-refractivity contribution in [2.45, 2.75) is 322 Å². The molecular formula is C57H110O5. The first-order valence-corrected chi connectivity index (χ1v) is 28.2. The molecule has 0 spiro atoms. The molecule has 0 fully saturated rings. The minimum atomic E-state index is -0.530. The summed E-state index contributed by atoms with van der Waals surface area (Å²) < 4.78 is 17.5. The van der Waals surface area contributed by atoms with E-state index in [0.717, 1.165) is 38.5 Å². The Morgan fingerprint density at radius 3 is 0.984 bits per heavy atom. The molecule has 0 aromatic heterocycles. The van der Waals surface area contributed by atoms with E-state index in [1.165, 1.54) is 244 Å². The van der Waals surface area contributed by atoms with Gasteiger partial charge in [-0.15, -0.1) is 0 Å². The van der Waals surface area contributed by atoms with E-state index >= 15 is 0 Å². The third kappa shape index (κ3) is 51.3. The number of rotatable bonds is 53. The molecule has 0 bridgehead atoms. The van der Waals surface area contributed by atoms with E-state index in [0.29, 0.717) is 26.1 Å². The summed E-state index contributed by atoms with van der Waals surface area (Å²) >= 11 is 0. The summed E-state index contributed by atoms with van der Waals surface area (Å²) in [7, 11) is 0. The van der Waals surface area contributed by atoms with Gasteiger partial charge in [0.15, 0.2) is 6.10 Å². The molecule has 0 rings (SSSR count). The van der Waals surface area contributed by atoms with Crippen LogP contribution in [0.4, 0.5) is 0 Å². The number of esters is 2. The Labute approximate surface area is 388 Å². The second-order valence-corrected chi connectivity index (χ2v) is 19.2. The molecular weight excluding hydrogens is 765 g/mol. The Morgan fingerprint density at radius 1 is 0.339 bits per heavy atom. The fraction of sp³-hybridized carbons (Fsp3) is 0.930. The SMILES string of the molecule is CCCCCCCC/C=C\CCCCCCCC(=O)OC[C@@H](COCCCCCCCCCCCCCCCCCC)OC(=O)CCCCCCCCCCCCCCCCC. The molecule has 0 amide bonds. The number of hydrogen-bond acceptors (Lipinski definition) is 5. The smallest absolute Gasteiger partial charge is 0.306 e. The number of allylic oxidation sites excluding steroid dienone is 2. The van der Waals surface area contributed by atoms with Crippen LogP contribution in [-0.4, -0.2) is 37.9 Å². The minimum Gasteiger partial charge on any atom is -0.462 e. The predicted octanol–water partition coefficient (Wildman–Crippen LogP) is 19.0. The predicted molar refractivity (Wildman–Crippen MR) is 270 cm³/mol. The van der Waals surface area contributed by atoms with Gasteiger partial charge in [-0.1, -0.05) is 270 Å². The number of carbonyl (C=O) groups excluding carboxylic acids is 2. The Bertz CT molecular complexity index is 902. The van der Waals surface area contributed by atoms with Gasteiger partial charge in [0.05, 0.1) is 6.61 Å². The molecule has 0 unspecified atom stereocenters. The summed E-state index contributed by atoms with van der Waals surface area (Å²) in [5.41, 5.74) is 0. The first kappa shape index (κ1) is 60.6. The third-order valence-electron chi connectivity index (χ3n) is 12.8. The van der Waals surface area contributed by atoms with Gasteiger partial charge in [-0.25, -0.2) is 0 Å². The van der Waals surface area contributed by atoms with Crippen LogP contribution >= 0.6 is 0 Å². The molecule has 0 saturated heterocycles. The van der Waals surface area contributed by atoms with Crippen molar-refractivity contribution in [3.63, 3.8) is 0 Å². The molecule has 0 N–H and O–H groups in total. The topological polar surface area (TPSA) is 61.8 Å². The van der Waals surface area contributed by atoms with Crippen molar-refractivity contribution in [2.75, 3.05) is 19.8 Å². The highest BCUT2D eigenvalue weighted by Gasteiger charge is 2.17. The van der Waals surface area contributed by atoms with Gasteiger partial charge in [-0.2, -0.15) is 0 Å². The van der Waals surface area contributed by atoms with Crippen LogP contribution in [0, 0.1) is 0 Å². The molecule has 5 nitrogen and oxygen atoms in total. The van der Waals surface area contributed by atoms with Crippen molar-refractivity contribution >= 4 is 11.9 Å². The van der Waals surface area contributed by atoms with E-state index in [-0.39, 0.29) is 18.5 Å². The summed E-state index contributed by atoms with van der Waals surface area (Å²) in [6.45, 7) is 7.89. The van der Waals surface area contributed by atoms with Gasteiger partial charge in [0.2, 0.25) is 0 Å². The second-order valence-electron chi connectivity index (χ2n) is 19.2. The number of hydrogen-bond donors (Lipinski definition) is 0. The molecule has 1 atom stereocenters. The molecule has 0 aromatic carbocycles. The van der Waals surface area contributed by atoms with Gasteiger partial charge in [-0.3, -0.25) is 9.59 Å². The van der Waals surface area contributed by atoms with E-state index in [1.54, 1.807) is 0 Å². The van der Waals surface area contributed by atoms with Gasteiger partial charge in [0.25, 0.3) is 0 Å². The normalized spacial score (nSPS) is 12.1. The Kier molecular flexibility index (Phi) is 52.8. The highest BCUT2D eigenvalue weighted by Crippen LogP contribution is 2.17. The third-order valence-corrected chi connectivity index (χ3v) is 12.8. The molecule has 0 aliphatic rings. The molecule has 62 heavy (non-hydrogen) atoms. The lowest BCUT2D eigenvalue weighted by Crippen LogP contribution is -2.30. The van der Waals surface area contributed by atoms with E-state index in [4.69, 9.17) is 14.2 Å². The summed E-state index contributed by atoms with van der Waals surface area (Å²) in [5.74, 6) is -0.382. The standard InChI is InChI=1S/C57H110O5/c1-4-7-10-13-16-19-22-25-28-31-34-37-40-43-46-49-52-60-53-55(62-57(59)51-48-45-42-39-36-33-30-27-24-21-18-15-12-9-6-3)54-61-56(58)50-47-44-41-38-35-32-29-26-23-20-17-14-11-8-5-2/h26,29,55H,4-25,27-28,30-54H2,1-3H3/b29-26-/t55-/m1/s1. The van der Waals surface area contributed by atoms with Crippen molar-refractivity contribution in [1.29, 1.82) is 0 Å². The number of unbranched alkanes of at least 4 members (excludes halogenated alkanes) is 40. The zero-order valence-corrected chi connectivity index (χ0v) is 42.4. The highest BCUT2D eigenvalue weighted by molar-refractivity contribution is 5.70. The first-order chi connectivity index (χ1) is 30.6. The van der Waals surface area contributed by atoms with Crippen molar-refractivity contribution in [1.82, 2.24) is 0 Å². The molecule has 0 saturated carbocycles. The van der Waals surface area contributed by atoms with Gasteiger partial charge in [-0.05, 0) is 44.9 Å². The van der Waals surface area contributed by atoms with Crippen LogP contribution in [0.5, 0.6) is 0 Å². The minimum absolute atomic E-state index is 0.0907. The molecule has 368 valence electrons. The summed E-state index contributed by atoms with van der Waals surface area (Å²) in [5, 5.41) is 0. The average molecular weight is 876 g/mol. The van der Waals surface area contributed by atoms with E-state index < -0.39 is 6.10 Å². The van der Waals surface area contributed by atoms with Crippen LogP contribution in [-0.2, 0) is 23.8 Å². The number of carbonyl (C=O) groups is 2. The maximum absolute atomic E-state index is 12.8. The Hall–Kier alpha value is -1.36. The van der Waals surface area contributed by atoms with E-state index in [9.17, 15) is 9.59 Å². The van der Waals surface area contributed by atoms with Crippen LogP contribution in [0.25, 0.3) is 0 Å². The van der Waals surface area contributed by atoms with Crippen LogP contribution < -0.4 is 0 Å². The first-order valence-electron chi connectivity index (χ1n) is 28.2. The van der Waals surface area contributed by atoms with E-state index in [2.05, 4.69) is 32.9 Å². The van der Waals surface area contributed by atoms with Crippen LogP contribution in [0.3, 0.4) is 0 Å². The Balaban J connectivity index is 4.21. The molecule has 0 aliphatic heterocycles. The molecule has 0 aliphatic carbocycles. The van der Waals surface area contributed by atoms with Gasteiger partial charge < -0.3 is 14.2 Å². The largest absolute Gasteiger partial charge is 0.462 e. The van der Waals surface area contributed by atoms with Crippen molar-refractivity contribution in [2.24, 2.45) is 0 Å². The maximum atomic E-state index is 12.8. The zero-order chi connectivity index (χ0) is 44.9. The summed E-state index contributed by atoms with van der Waals surface area (Å²) in [4.78, 5) is 25.5. The van der Waals surface area contributed by atoms with Gasteiger partial charge in [0.1, 0.15) is 6.61 Å². The quantitative estimate of drug-likeness (QED) is 0.0346. The van der Waals surface area contributed by atoms with Crippen LogP contribution in [0.15, 0.2) is 12.2 Å². The van der Waals surface area contributed by atoms with Gasteiger partial charge >= 0.3 is 11.9 Å². The second kappa shape index (κ2) is 54.0. The van der Waals surface area contributed by atoms with Gasteiger partial charge in [0, 0.05) is 19.4 Å². The summed E-state index contributed by atoms with van der Waals surface area (Å²) in [6.07, 6.45) is 62.2. The average Bonchev–Trinajstić information content (AvgIpc) is 3.27. The summed E-state index contributed by atoms with van der Waals surface area (Å²) in [6, 6.07) is 0. The lowest BCUT2D eigenvalue weighted by atomic mass is 10.0. The van der Waals surface area contributed by atoms with Crippen LogP contribution in [0.2, 0.25) is 0 Å². The van der Waals surface area contributed by atoms with Crippen molar-refractivity contribution in [3.05, 3.63) is 12.2 Å². The zero-order valence-electron chi connectivity index (χ0n) is 42.4. The van der Waals surface area contributed by atoms with Crippen molar-refractivity contribution in [3.8, 4) is 0 Å². The molecule has 0 aromatic rings. The molecule has 0 heterocycles. The monoisotopic (exact) mass is 875 g/mol. The lowest BCUT2D eigenvalue weighted by molar-refractivity contribution is -0.163. The molecule has 0 radical (unpaired) electrons. The Morgan fingerprint density at radius 2 is 0.629 bits per heavy atom. The fourth-order valence-corrected chi connectivity index (χ4v) is 8.57. The van der Waals surface area contributed by atoms with Crippen LogP contribution in [0.1, 0.15) is 316 Å². The maximum Gasteiger partial charge on any atom is 0.306 e. The molecule has 5 heteroatoms. The number of ether oxygens (including phenoxy) is 3. The fourth-order valence-electron chi connectivity index (χ4n) is 8.57. The lowest BCUT2D eigenvalue weighted by Gasteiger charge is -2.18. The van der Waals surface area contributed by atoms with E-state index in [1.807, 2.05) is 0 Å².